The van der Waals surface area contributed by atoms with Crippen molar-refractivity contribution in [3.05, 3.63) is 30.1 Å². The van der Waals surface area contributed by atoms with Gasteiger partial charge in [0.05, 0.1) is 13.1 Å². The second-order valence-corrected chi connectivity index (χ2v) is 4.58. The lowest BCUT2D eigenvalue weighted by Gasteiger charge is -2.15. The fourth-order valence-electron chi connectivity index (χ4n) is 1.63. The van der Waals surface area contributed by atoms with Crippen molar-refractivity contribution in [1.82, 2.24) is 10.2 Å². The van der Waals surface area contributed by atoms with E-state index in [-0.39, 0.29) is 24.9 Å². The van der Waals surface area contributed by atoms with Gasteiger partial charge in [-0.05, 0) is 31.7 Å². The highest BCUT2D eigenvalue weighted by atomic mass is 19.1. The van der Waals surface area contributed by atoms with Gasteiger partial charge in [0.25, 0.3) is 0 Å². The van der Waals surface area contributed by atoms with Crippen molar-refractivity contribution >= 4 is 17.5 Å². The summed E-state index contributed by atoms with van der Waals surface area (Å²) in [5, 5.41) is 5.31. The highest BCUT2D eigenvalue weighted by molar-refractivity contribution is 5.92. The number of anilines is 1. The fraction of sp³-hybridized carbons (Fsp3) is 0.429. The van der Waals surface area contributed by atoms with Gasteiger partial charge < -0.3 is 10.6 Å². The van der Waals surface area contributed by atoms with Crippen LogP contribution in [0.3, 0.4) is 0 Å². The molecule has 20 heavy (non-hydrogen) atoms. The highest BCUT2D eigenvalue weighted by Gasteiger charge is 2.10. The first kappa shape index (κ1) is 16.1. The van der Waals surface area contributed by atoms with E-state index in [0.717, 1.165) is 6.42 Å². The Bertz CT molecular complexity index is 465. The number of nitrogens with one attached hydrogen (secondary N) is 2. The molecule has 0 atom stereocenters. The first-order valence-electron chi connectivity index (χ1n) is 6.52. The van der Waals surface area contributed by atoms with Crippen LogP contribution in [-0.4, -0.2) is 43.4 Å². The van der Waals surface area contributed by atoms with Crippen LogP contribution in [0.15, 0.2) is 24.3 Å². The largest absolute Gasteiger partial charge is 0.355 e. The maximum Gasteiger partial charge on any atom is 0.238 e. The average Bonchev–Trinajstić information content (AvgIpc) is 2.35. The SMILES string of the molecule is CCCNC(=O)CN(C)CC(=O)Nc1cccc(F)c1. The second kappa shape index (κ2) is 8.27. The highest BCUT2D eigenvalue weighted by Crippen LogP contribution is 2.08. The molecule has 6 heteroatoms. The molecule has 110 valence electrons. The number of hydrogen-bond acceptors (Lipinski definition) is 3. The molecule has 0 unspecified atom stereocenters. The molecule has 5 nitrogen and oxygen atoms in total. The molecule has 0 heterocycles. The number of benzene rings is 1. The number of hydrogen-bond donors (Lipinski definition) is 2. The van der Waals surface area contributed by atoms with E-state index in [1.807, 2.05) is 6.92 Å². The molecule has 0 aromatic heterocycles. The zero-order valence-electron chi connectivity index (χ0n) is 11.8. The Balaban J connectivity index is 2.36. The third-order valence-electron chi connectivity index (χ3n) is 2.51. The van der Waals surface area contributed by atoms with Crippen LogP contribution in [0.25, 0.3) is 0 Å². The Kier molecular flexibility index (Phi) is 6.66. The number of likely N-dealkylation sites (N-methyl/N-ethyl adjacent to an activating group) is 1. The Morgan fingerprint density at radius 2 is 1.95 bits per heavy atom. The van der Waals surface area contributed by atoms with Gasteiger partial charge in [-0.2, -0.15) is 0 Å². The van der Waals surface area contributed by atoms with Gasteiger partial charge in [0.15, 0.2) is 0 Å². The van der Waals surface area contributed by atoms with Crippen molar-refractivity contribution in [2.45, 2.75) is 13.3 Å². The summed E-state index contributed by atoms with van der Waals surface area (Å²) in [6.07, 6.45) is 0.871. The molecule has 2 amide bonds. The van der Waals surface area contributed by atoms with Crippen molar-refractivity contribution in [1.29, 1.82) is 0 Å². The number of carbonyl (C=O) groups excluding carboxylic acids is 2. The zero-order valence-corrected chi connectivity index (χ0v) is 11.8. The lowest BCUT2D eigenvalue weighted by atomic mass is 10.3. The number of nitrogens with zero attached hydrogens (tertiary/aromatic N) is 1. The summed E-state index contributed by atoms with van der Waals surface area (Å²) in [7, 11) is 1.68. The Morgan fingerprint density at radius 3 is 2.60 bits per heavy atom. The van der Waals surface area contributed by atoms with Gasteiger partial charge in [-0.3, -0.25) is 14.5 Å². The Labute approximate surface area is 118 Å². The molecule has 0 saturated carbocycles. The fourth-order valence-corrected chi connectivity index (χ4v) is 1.63. The molecule has 0 fully saturated rings. The average molecular weight is 281 g/mol. The van der Waals surface area contributed by atoms with E-state index in [9.17, 15) is 14.0 Å². The quantitative estimate of drug-likeness (QED) is 0.790. The number of halogens is 1. The molecule has 0 aliphatic rings. The molecule has 1 aromatic rings. The van der Waals surface area contributed by atoms with Gasteiger partial charge in [0.2, 0.25) is 11.8 Å². The summed E-state index contributed by atoms with van der Waals surface area (Å²) in [5.74, 6) is -0.815. The predicted octanol–water partition coefficient (Wildman–Crippen LogP) is 1.22. The van der Waals surface area contributed by atoms with Crippen LogP contribution in [0.5, 0.6) is 0 Å². The number of rotatable bonds is 7. The summed E-state index contributed by atoms with van der Waals surface area (Å²) < 4.78 is 13.0. The first-order chi connectivity index (χ1) is 9.51. The van der Waals surface area contributed by atoms with Gasteiger partial charge in [0, 0.05) is 12.2 Å². The summed E-state index contributed by atoms with van der Waals surface area (Å²) in [6, 6.07) is 5.67. The minimum absolute atomic E-state index is 0.0655. The first-order valence-corrected chi connectivity index (χ1v) is 6.52. The van der Waals surface area contributed by atoms with Gasteiger partial charge in [0.1, 0.15) is 5.82 Å². The van der Waals surface area contributed by atoms with Crippen molar-refractivity contribution in [3.63, 3.8) is 0 Å². The van der Waals surface area contributed by atoms with Crippen molar-refractivity contribution < 1.29 is 14.0 Å². The van der Waals surface area contributed by atoms with Crippen molar-refractivity contribution in [3.8, 4) is 0 Å². The molecule has 0 aliphatic carbocycles. The van der Waals surface area contributed by atoms with E-state index in [4.69, 9.17) is 0 Å². The molecule has 2 N–H and O–H groups in total. The Morgan fingerprint density at radius 1 is 1.25 bits per heavy atom. The third kappa shape index (κ3) is 6.29. The molecule has 0 aliphatic heterocycles. The normalized spacial score (nSPS) is 10.4. The maximum absolute atomic E-state index is 13.0. The van der Waals surface area contributed by atoms with E-state index in [1.54, 1.807) is 18.0 Å². The van der Waals surface area contributed by atoms with Gasteiger partial charge in [-0.15, -0.1) is 0 Å². The standard InChI is InChI=1S/C14H20FN3O2/c1-3-7-16-13(19)9-18(2)10-14(20)17-12-6-4-5-11(15)8-12/h4-6,8H,3,7,9-10H2,1-2H3,(H,16,19)(H,17,20). The zero-order chi connectivity index (χ0) is 15.0. The van der Waals surface area contributed by atoms with E-state index in [1.165, 1.54) is 18.2 Å². The van der Waals surface area contributed by atoms with Crippen LogP contribution in [0.1, 0.15) is 13.3 Å². The molecular weight excluding hydrogens is 261 g/mol. The molecule has 0 radical (unpaired) electrons. The Hall–Kier alpha value is -1.95. The van der Waals surface area contributed by atoms with Crippen LogP contribution in [0, 0.1) is 5.82 Å². The van der Waals surface area contributed by atoms with Crippen LogP contribution >= 0.6 is 0 Å². The van der Waals surface area contributed by atoms with Gasteiger partial charge in [-0.25, -0.2) is 4.39 Å². The molecule has 0 bridgehead atoms. The molecular formula is C14H20FN3O2. The smallest absolute Gasteiger partial charge is 0.238 e. The summed E-state index contributed by atoms with van der Waals surface area (Å²) in [6.45, 7) is 2.81. The lowest BCUT2D eigenvalue weighted by Crippen LogP contribution is -2.39. The topological polar surface area (TPSA) is 61.4 Å². The van der Waals surface area contributed by atoms with E-state index < -0.39 is 5.82 Å². The van der Waals surface area contributed by atoms with E-state index in [0.29, 0.717) is 12.2 Å². The van der Waals surface area contributed by atoms with Crippen LogP contribution in [0.2, 0.25) is 0 Å². The third-order valence-corrected chi connectivity index (χ3v) is 2.51. The van der Waals surface area contributed by atoms with E-state index in [2.05, 4.69) is 10.6 Å². The summed E-state index contributed by atoms with van der Waals surface area (Å²) >= 11 is 0. The van der Waals surface area contributed by atoms with E-state index >= 15 is 0 Å². The lowest BCUT2D eigenvalue weighted by molar-refractivity contribution is -0.122. The monoisotopic (exact) mass is 281 g/mol. The molecule has 1 aromatic carbocycles. The number of amides is 2. The summed E-state index contributed by atoms with van der Waals surface area (Å²) in [5.41, 5.74) is 0.402. The minimum atomic E-state index is -0.407. The maximum atomic E-state index is 13.0. The minimum Gasteiger partial charge on any atom is -0.355 e. The predicted molar refractivity (Wildman–Crippen MR) is 75.8 cm³/mol. The van der Waals surface area contributed by atoms with Gasteiger partial charge >= 0.3 is 0 Å². The van der Waals surface area contributed by atoms with Crippen LogP contribution in [-0.2, 0) is 9.59 Å². The van der Waals surface area contributed by atoms with Crippen LogP contribution in [0.4, 0.5) is 10.1 Å². The molecule has 1 rings (SSSR count). The summed E-state index contributed by atoms with van der Waals surface area (Å²) in [4.78, 5) is 24.8. The van der Waals surface area contributed by atoms with Crippen molar-refractivity contribution in [2.24, 2.45) is 0 Å². The molecule has 0 saturated heterocycles. The van der Waals surface area contributed by atoms with Crippen molar-refractivity contribution in [2.75, 3.05) is 32.0 Å². The number of carbonyl (C=O) groups is 2. The second-order valence-electron chi connectivity index (χ2n) is 4.58. The van der Waals surface area contributed by atoms with Gasteiger partial charge in [-0.1, -0.05) is 13.0 Å². The van der Waals surface area contributed by atoms with Crippen LogP contribution < -0.4 is 10.6 Å². The molecule has 0 spiro atoms.